The van der Waals surface area contributed by atoms with E-state index in [0.717, 1.165) is 0 Å². The number of rotatable bonds is 0. The maximum absolute atomic E-state index is 2.14. The van der Waals surface area contributed by atoms with Gasteiger partial charge in [0.1, 0.15) is 0 Å². The smallest absolute Gasteiger partial charge is 0.0342 e. The van der Waals surface area contributed by atoms with Gasteiger partial charge in [-0.25, -0.2) is 0 Å². The molecule has 2 heteroatoms. The molecule has 0 aliphatic rings. The summed E-state index contributed by atoms with van der Waals surface area (Å²) in [7, 11) is 0. The molecule has 0 nitrogen and oxygen atoms in total. The van der Waals surface area contributed by atoms with E-state index < -0.39 is 0 Å². The summed E-state index contributed by atoms with van der Waals surface area (Å²) in [6, 6.07) is 10.5. The minimum absolute atomic E-state index is 0. The predicted octanol–water partition coefficient (Wildman–Crippen LogP) is 3.48. The molecule has 0 saturated heterocycles. The second-order valence-electron chi connectivity index (χ2n) is 1.96. The van der Waals surface area contributed by atoms with Crippen molar-refractivity contribution in [2.45, 2.75) is 0 Å². The zero-order valence-electron chi connectivity index (χ0n) is 5.28. The average molecular weight is 215 g/mol. The van der Waals surface area contributed by atoms with E-state index in [1.807, 2.05) is 0 Å². The van der Waals surface area contributed by atoms with Gasteiger partial charge in [0.2, 0.25) is 0 Å². The lowest BCUT2D eigenvalue weighted by Crippen LogP contribution is -1.56. The molecule has 1 aromatic heterocycles. The second kappa shape index (κ2) is 3.17. The highest BCUT2D eigenvalue weighted by molar-refractivity contribution is 8.93. The van der Waals surface area contributed by atoms with E-state index in [1.54, 1.807) is 11.3 Å². The summed E-state index contributed by atoms with van der Waals surface area (Å²) in [5, 5.41) is 3.47. The van der Waals surface area contributed by atoms with Gasteiger partial charge in [0, 0.05) is 4.70 Å². The molecule has 1 heterocycles. The van der Waals surface area contributed by atoms with Crippen molar-refractivity contribution >= 4 is 38.4 Å². The predicted molar refractivity (Wildman–Crippen MR) is 52.1 cm³/mol. The summed E-state index contributed by atoms with van der Waals surface area (Å²) in [6.45, 7) is 0. The Labute approximate surface area is 74.3 Å². The first-order valence-corrected chi connectivity index (χ1v) is 3.77. The van der Waals surface area contributed by atoms with Crippen molar-refractivity contribution in [1.82, 2.24) is 0 Å². The van der Waals surface area contributed by atoms with Crippen LogP contribution in [0.25, 0.3) is 10.1 Å². The van der Waals surface area contributed by atoms with E-state index in [9.17, 15) is 0 Å². The lowest BCUT2D eigenvalue weighted by atomic mass is 10.3. The standard InChI is InChI=1S/C8H6S.BrH/c1-2-4-8-7(3-1)5-6-9-8;/h1-6H;1H. The normalized spacial score (nSPS) is 9.20. The maximum atomic E-state index is 2.14. The largest absolute Gasteiger partial charge is 0.144 e. The fourth-order valence-electron chi connectivity index (χ4n) is 0.906. The van der Waals surface area contributed by atoms with E-state index in [-0.39, 0.29) is 17.0 Å². The number of thiophene rings is 1. The number of halogens is 1. The summed E-state index contributed by atoms with van der Waals surface area (Å²) in [5.41, 5.74) is 0. The number of benzene rings is 1. The molecule has 0 spiro atoms. The van der Waals surface area contributed by atoms with Crippen LogP contribution in [0.3, 0.4) is 0 Å². The zero-order valence-corrected chi connectivity index (χ0v) is 7.81. The summed E-state index contributed by atoms with van der Waals surface area (Å²) in [4.78, 5) is 0. The monoisotopic (exact) mass is 214 g/mol. The van der Waals surface area contributed by atoms with Gasteiger partial charge in [-0.3, -0.25) is 0 Å². The quantitative estimate of drug-likeness (QED) is 0.631. The van der Waals surface area contributed by atoms with Gasteiger partial charge in [0.05, 0.1) is 0 Å². The van der Waals surface area contributed by atoms with Crippen LogP contribution in [0.5, 0.6) is 0 Å². The Morgan fingerprint density at radius 2 is 1.80 bits per heavy atom. The van der Waals surface area contributed by atoms with Crippen LogP contribution in [0.1, 0.15) is 0 Å². The molecular formula is C8H7BrS. The molecule has 52 valence electrons. The molecule has 0 unspecified atom stereocenters. The number of hydrogen-bond acceptors (Lipinski definition) is 1. The molecule has 10 heavy (non-hydrogen) atoms. The van der Waals surface area contributed by atoms with E-state index in [2.05, 4.69) is 35.7 Å². The first-order valence-electron chi connectivity index (χ1n) is 2.89. The Balaban J connectivity index is 0.000000500. The number of hydrogen-bond donors (Lipinski definition) is 0. The Hall–Kier alpha value is -0.340. The Morgan fingerprint density at radius 1 is 1.00 bits per heavy atom. The van der Waals surface area contributed by atoms with Crippen molar-refractivity contribution in [2.24, 2.45) is 0 Å². The van der Waals surface area contributed by atoms with Crippen LogP contribution in [-0.4, -0.2) is 0 Å². The van der Waals surface area contributed by atoms with Crippen LogP contribution in [0.4, 0.5) is 0 Å². The first-order chi connectivity index (χ1) is 4.47. The molecule has 0 atom stereocenters. The minimum atomic E-state index is 0. The van der Waals surface area contributed by atoms with Gasteiger partial charge in [-0.15, -0.1) is 28.3 Å². The highest BCUT2D eigenvalue weighted by Crippen LogP contribution is 2.18. The Morgan fingerprint density at radius 3 is 2.60 bits per heavy atom. The molecule has 0 N–H and O–H groups in total. The van der Waals surface area contributed by atoms with Crippen molar-refractivity contribution in [3.63, 3.8) is 0 Å². The van der Waals surface area contributed by atoms with Gasteiger partial charge in [0.25, 0.3) is 0 Å². The molecule has 2 aromatic rings. The summed E-state index contributed by atoms with van der Waals surface area (Å²) in [5.74, 6) is 0. The van der Waals surface area contributed by atoms with Crippen LogP contribution in [0.2, 0.25) is 0 Å². The molecule has 0 aliphatic heterocycles. The zero-order chi connectivity index (χ0) is 6.10. The fourth-order valence-corrected chi connectivity index (χ4v) is 1.70. The van der Waals surface area contributed by atoms with Crippen molar-refractivity contribution in [3.8, 4) is 0 Å². The first kappa shape index (κ1) is 7.76. The molecule has 2 rings (SSSR count). The average Bonchev–Trinajstić information content (AvgIpc) is 2.33. The third-order valence-electron chi connectivity index (χ3n) is 1.36. The van der Waals surface area contributed by atoms with E-state index in [0.29, 0.717) is 0 Å². The lowest BCUT2D eigenvalue weighted by Gasteiger charge is -1.82. The van der Waals surface area contributed by atoms with E-state index in [1.165, 1.54) is 10.1 Å². The Bertz CT molecular complexity index is 283. The van der Waals surface area contributed by atoms with Gasteiger partial charge in [-0.05, 0) is 22.9 Å². The Kier molecular flexibility index (Phi) is 2.46. The van der Waals surface area contributed by atoms with Crippen molar-refractivity contribution in [3.05, 3.63) is 35.7 Å². The summed E-state index contributed by atoms with van der Waals surface area (Å²) in [6.07, 6.45) is 0. The minimum Gasteiger partial charge on any atom is -0.144 e. The molecular weight excluding hydrogens is 208 g/mol. The van der Waals surface area contributed by atoms with Crippen LogP contribution >= 0.6 is 28.3 Å². The van der Waals surface area contributed by atoms with Gasteiger partial charge < -0.3 is 0 Å². The maximum Gasteiger partial charge on any atom is 0.0342 e. The van der Waals surface area contributed by atoms with Crippen LogP contribution in [-0.2, 0) is 0 Å². The van der Waals surface area contributed by atoms with Gasteiger partial charge in [-0.2, -0.15) is 0 Å². The fraction of sp³-hybridized carbons (Fsp3) is 0. The van der Waals surface area contributed by atoms with Crippen LogP contribution in [0, 0.1) is 0 Å². The number of fused-ring (bicyclic) bond motifs is 1. The lowest BCUT2D eigenvalue weighted by molar-refractivity contribution is 1.86. The van der Waals surface area contributed by atoms with Crippen molar-refractivity contribution in [2.75, 3.05) is 0 Å². The highest BCUT2D eigenvalue weighted by Gasteiger charge is 1.87. The van der Waals surface area contributed by atoms with Gasteiger partial charge in [-0.1, -0.05) is 18.2 Å². The van der Waals surface area contributed by atoms with Crippen molar-refractivity contribution < 1.29 is 0 Å². The molecule has 0 aliphatic carbocycles. The van der Waals surface area contributed by atoms with Crippen molar-refractivity contribution in [1.29, 1.82) is 0 Å². The molecule has 0 amide bonds. The summed E-state index contributed by atoms with van der Waals surface area (Å²) < 4.78 is 1.37. The third kappa shape index (κ3) is 1.22. The molecule has 0 bridgehead atoms. The third-order valence-corrected chi connectivity index (χ3v) is 2.26. The van der Waals surface area contributed by atoms with E-state index in [4.69, 9.17) is 0 Å². The van der Waals surface area contributed by atoms with Crippen LogP contribution in [0.15, 0.2) is 35.7 Å². The SMILES string of the molecule is Br.c1ccc2sccc2c1. The molecule has 1 aromatic carbocycles. The molecule has 0 fully saturated rings. The van der Waals surface area contributed by atoms with Gasteiger partial charge >= 0.3 is 0 Å². The van der Waals surface area contributed by atoms with Gasteiger partial charge in [0.15, 0.2) is 0 Å². The second-order valence-corrected chi connectivity index (χ2v) is 2.91. The van der Waals surface area contributed by atoms with Crippen LogP contribution < -0.4 is 0 Å². The highest BCUT2D eigenvalue weighted by atomic mass is 79.9. The van der Waals surface area contributed by atoms with E-state index >= 15 is 0 Å². The topological polar surface area (TPSA) is 0 Å². The molecule has 0 radical (unpaired) electrons. The summed E-state index contributed by atoms with van der Waals surface area (Å²) >= 11 is 1.79. The molecule has 0 saturated carbocycles.